The van der Waals surface area contributed by atoms with E-state index in [4.69, 9.17) is 55.2 Å². The number of nitrogens with zero attached hydrogens (tertiary/aromatic N) is 12. The Labute approximate surface area is 804 Å². The van der Waals surface area contributed by atoms with Crippen LogP contribution in [0, 0.1) is 0 Å². The van der Waals surface area contributed by atoms with Gasteiger partial charge in [-0.1, -0.05) is 233 Å². The van der Waals surface area contributed by atoms with Gasteiger partial charge in [0.25, 0.3) is 0 Å². The summed E-state index contributed by atoms with van der Waals surface area (Å²) in [6.45, 7) is 25.3. The number of hydrogen-bond acceptors (Lipinski definition) is 12. The Bertz CT molecular complexity index is 6130. The number of imidazole rings is 6. The molecule has 18 aromatic rings. The maximum atomic E-state index is 11.9. The third kappa shape index (κ3) is 15.3. The molecule has 0 amide bonds. The van der Waals surface area contributed by atoms with Crippen LogP contribution in [0.3, 0.4) is 0 Å². The maximum absolute atomic E-state index is 11.9. The van der Waals surface area contributed by atoms with E-state index in [0.717, 1.165) is 134 Å². The van der Waals surface area contributed by atoms with Crippen LogP contribution in [0.1, 0.15) is 151 Å². The molecule has 3 aliphatic rings. The van der Waals surface area contributed by atoms with E-state index >= 15 is 0 Å². The summed E-state index contributed by atoms with van der Waals surface area (Å²) >= 11 is 12.5. The molecule has 0 atom stereocenters. The minimum Gasteiger partial charge on any atom is -0.779 e. The molecule has 0 spiro atoms. The SMILES string of the molecule is CC1(C)c2cn(-c3ccccc3)c(n2)-c2cccc(c2O)C(C)(C)c2cn(-c3ccccc3)c(n2)-c2cccc1c2O.CC1(C)c2cn(-c3ccccc3)c(n2)-c2cccc(c2O)C(C)(C)c2cn(-c3ccccc3)c(n2)-c2cccc1c2O.CC1(C)c2cn(-c3ccccc3)c(n2)-c2cccc(c2[S-])C(C)(C)c2cn(-c3ccccc3)c(n2)-c2cccc1c2[S-].[Pt+2].[Pt].[Zn]. The van der Waals surface area contributed by atoms with Gasteiger partial charge in [0.2, 0.25) is 0 Å². The van der Waals surface area contributed by atoms with E-state index in [0.29, 0.717) is 45.6 Å². The molecule has 4 N–H and O–H groups in total. The minimum absolute atomic E-state index is 0. The summed E-state index contributed by atoms with van der Waals surface area (Å²) in [5.41, 5.74) is 16.4. The van der Waals surface area contributed by atoms with E-state index in [2.05, 4.69) is 165 Å². The van der Waals surface area contributed by atoms with E-state index in [1.54, 1.807) is 0 Å². The van der Waals surface area contributed by atoms with Crippen LogP contribution in [0.2, 0.25) is 0 Å². The maximum Gasteiger partial charge on any atom is 2.00 e. The molecule has 0 unspecified atom stereocenters. The average Bonchev–Trinajstić information content (AvgIpc) is 1.59. The van der Waals surface area contributed by atoms with Gasteiger partial charge in [0.15, 0.2) is 0 Å². The second-order valence-corrected chi connectivity index (χ2v) is 36.7. The smallest absolute Gasteiger partial charge is 0.779 e. The third-order valence-electron chi connectivity index (χ3n) is 25.9. The van der Waals surface area contributed by atoms with Gasteiger partial charge in [0.05, 0.1) is 56.4 Å². The van der Waals surface area contributed by atoms with Gasteiger partial charge in [0.1, 0.15) is 57.9 Å². The summed E-state index contributed by atoms with van der Waals surface area (Å²) in [5, 5.41) is 47.7. The molecule has 0 fully saturated rings. The summed E-state index contributed by atoms with van der Waals surface area (Å²) in [4.78, 5) is 32.8. The molecule has 0 saturated carbocycles. The molecule has 0 saturated heterocycles. The molecule has 24 bridgehead atoms. The zero-order chi connectivity index (χ0) is 87.7. The number of para-hydroxylation sites is 10. The molecule has 0 radical (unpaired) electrons. The molecule has 21 rings (SSSR count). The van der Waals surface area contributed by atoms with Crippen molar-refractivity contribution in [2.45, 2.75) is 125 Å². The van der Waals surface area contributed by atoms with Crippen molar-refractivity contribution in [2.24, 2.45) is 0 Å². The van der Waals surface area contributed by atoms with Crippen molar-refractivity contribution in [1.82, 2.24) is 57.3 Å². The average molecular weight is 2140 g/mol. The fraction of sp³-hybridized carbons (Fsp3) is 0.167. The van der Waals surface area contributed by atoms with Crippen molar-refractivity contribution in [3.63, 3.8) is 0 Å². The van der Waals surface area contributed by atoms with Gasteiger partial charge in [-0.25, -0.2) is 29.9 Å². The Morgan fingerprint density at radius 1 is 0.209 bits per heavy atom. The Balaban J connectivity index is 0.000000140. The quantitative estimate of drug-likeness (QED) is 0.0913. The first-order chi connectivity index (χ1) is 60.5. The van der Waals surface area contributed by atoms with E-state index in [-0.39, 0.29) is 84.6 Å². The van der Waals surface area contributed by atoms with E-state index in [1.807, 2.05) is 274 Å². The van der Waals surface area contributed by atoms with Gasteiger partial charge < -0.3 is 45.7 Å². The number of hydrogen-bond donors (Lipinski definition) is 4. The predicted octanol–water partition coefficient (Wildman–Crippen LogP) is 23.7. The Hall–Kier alpha value is -12.5. The number of fused-ring (bicyclic) bond motifs is 30. The van der Waals surface area contributed by atoms with Crippen LogP contribution in [0.5, 0.6) is 23.0 Å². The standard InChI is InChI=1S/2C36H32N4O2.C36H32N4S2.2Pt.Zn/c3*1-35(2)27-19-11-17-25(31(27)41)34-38-30(22-40(34)24-15-9-6-10-16-24)36(3,4)28-20-12-18-26(32(28)42)33-37-29(35)21-39(33)23-13-7-5-8-14-23;;;/h3*5-22,41-42H,1-4H3;;;/q;;;;+2;/p-2. The van der Waals surface area contributed by atoms with Gasteiger partial charge in [-0.15, -0.1) is 0 Å². The van der Waals surface area contributed by atoms with Crippen molar-refractivity contribution in [1.29, 1.82) is 0 Å². The van der Waals surface area contributed by atoms with Crippen LogP contribution in [0.15, 0.2) is 338 Å². The summed E-state index contributed by atoms with van der Waals surface area (Å²) < 4.78 is 12.4. The topological polar surface area (TPSA) is 188 Å². The zero-order valence-electron chi connectivity index (χ0n) is 73.5. The van der Waals surface area contributed by atoms with Gasteiger partial charge in [0, 0.05) is 167 Å². The largest absolute Gasteiger partial charge is 2.00 e. The van der Waals surface area contributed by atoms with Crippen LogP contribution in [0.4, 0.5) is 0 Å². The number of benzene rings is 12. The number of phenols is 4. The van der Waals surface area contributed by atoms with Crippen molar-refractivity contribution in [3.8, 4) is 125 Å². The first kappa shape index (κ1) is 89.9. The summed E-state index contributed by atoms with van der Waals surface area (Å²) in [6, 6.07) is 96.5. The monoisotopic (exact) mass is 2140 g/mol. The number of rotatable bonds is 6. The predicted molar refractivity (Wildman–Crippen MR) is 505 cm³/mol. The molecule has 21 heteroatoms. The van der Waals surface area contributed by atoms with Crippen molar-refractivity contribution in [3.05, 3.63) is 396 Å². The molecule has 6 aromatic heterocycles. The first-order valence-electron chi connectivity index (χ1n) is 42.4. The van der Waals surface area contributed by atoms with Crippen LogP contribution in [-0.4, -0.2) is 77.7 Å². The zero-order valence-corrected chi connectivity index (χ0v) is 82.6. The fourth-order valence-corrected chi connectivity index (χ4v) is 19.1. The van der Waals surface area contributed by atoms with Gasteiger partial charge in [-0.3, -0.25) is 27.4 Å². The molecule has 129 heavy (non-hydrogen) atoms. The first-order valence-corrected chi connectivity index (χ1v) is 43.2. The van der Waals surface area contributed by atoms with Crippen molar-refractivity contribution in [2.75, 3.05) is 0 Å². The van der Waals surface area contributed by atoms with Crippen molar-refractivity contribution < 1.29 is 82.0 Å². The van der Waals surface area contributed by atoms with Crippen LogP contribution >= 0.6 is 0 Å². The van der Waals surface area contributed by atoms with Crippen LogP contribution < -0.4 is 0 Å². The molecule has 16 nitrogen and oxygen atoms in total. The van der Waals surface area contributed by atoms with Crippen LogP contribution in [-0.2, 0) is 119 Å². The minimum atomic E-state index is -0.682. The Kier molecular flexibility index (Phi) is 24.1. The Morgan fingerprint density at radius 3 is 0.535 bits per heavy atom. The third-order valence-corrected chi connectivity index (χ3v) is 26.8. The molecular formula is C108H94N12O4Pt2S2Zn. The molecule has 644 valence electrons. The van der Waals surface area contributed by atoms with Gasteiger partial charge >= 0.3 is 21.1 Å². The number of aromatic nitrogens is 12. The Morgan fingerprint density at radius 2 is 0.357 bits per heavy atom. The summed E-state index contributed by atoms with van der Waals surface area (Å²) in [7, 11) is 0. The molecule has 3 aliphatic heterocycles. The summed E-state index contributed by atoms with van der Waals surface area (Å²) in [5.74, 6) is 4.83. The number of aromatic hydroxyl groups is 4. The normalized spacial score (nSPS) is 14.4. The van der Waals surface area contributed by atoms with Crippen molar-refractivity contribution >= 4 is 25.3 Å². The second-order valence-electron chi connectivity index (χ2n) is 35.9. The van der Waals surface area contributed by atoms with Gasteiger partial charge in [-0.2, -0.15) is 9.79 Å². The second kappa shape index (κ2) is 34.5. The molecule has 0 aliphatic carbocycles. The van der Waals surface area contributed by atoms with E-state index in [9.17, 15) is 20.4 Å². The molecule has 9 heterocycles. The van der Waals surface area contributed by atoms with E-state index in [1.165, 1.54) is 0 Å². The molecular weight excluding hydrogens is 2050 g/mol. The number of phenolic OH excluding ortho intramolecular Hbond substituents is 4. The van der Waals surface area contributed by atoms with Crippen LogP contribution in [0.25, 0.3) is 102 Å². The van der Waals surface area contributed by atoms with E-state index < -0.39 is 32.5 Å². The fourth-order valence-electron chi connectivity index (χ4n) is 18.1. The summed E-state index contributed by atoms with van der Waals surface area (Å²) in [6.07, 6.45) is 12.3. The van der Waals surface area contributed by atoms with Gasteiger partial charge in [-0.05, 0) is 164 Å². The molecule has 12 aromatic carbocycles.